The lowest BCUT2D eigenvalue weighted by Gasteiger charge is -2.00. The molecule has 0 saturated carbocycles. The van der Waals surface area contributed by atoms with Crippen LogP contribution in [0.5, 0.6) is 0 Å². The van der Waals surface area contributed by atoms with Gasteiger partial charge < -0.3 is 10.3 Å². The van der Waals surface area contributed by atoms with Crippen LogP contribution in [-0.4, -0.2) is 24.8 Å². The van der Waals surface area contributed by atoms with E-state index in [0.717, 1.165) is 6.26 Å². The van der Waals surface area contributed by atoms with Crippen LogP contribution in [0, 0.1) is 5.82 Å². The van der Waals surface area contributed by atoms with Crippen molar-refractivity contribution in [3.8, 4) is 11.5 Å². The highest BCUT2D eigenvalue weighted by Crippen LogP contribution is 2.27. The molecule has 6 nitrogen and oxygen atoms in total. The average molecular weight is 271 g/mol. The normalized spacial score (nSPS) is 11.7. The molecule has 0 fully saturated rings. The maximum atomic E-state index is 13.6. The molecule has 2 aromatic rings. The highest BCUT2D eigenvalue weighted by atomic mass is 32.2. The van der Waals surface area contributed by atoms with Gasteiger partial charge in [0.2, 0.25) is 0 Å². The smallest absolute Gasteiger partial charge is 0.263 e. The molecule has 0 aliphatic rings. The highest BCUT2D eigenvalue weighted by Gasteiger charge is 2.18. The Hall–Kier alpha value is -1.96. The molecule has 0 bridgehead atoms. The van der Waals surface area contributed by atoms with E-state index in [1.165, 1.54) is 18.2 Å². The number of halogens is 1. The molecule has 2 N–H and O–H groups in total. The summed E-state index contributed by atoms with van der Waals surface area (Å²) < 4.78 is 40.5. The second kappa shape index (κ2) is 4.37. The molecule has 1 heterocycles. The number of nitrogen functional groups attached to an aromatic ring is 1. The van der Waals surface area contributed by atoms with Crippen molar-refractivity contribution >= 4 is 15.5 Å². The lowest BCUT2D eigenvalue weighted by Crippen LogP contribution is -2.02. The van der Waals surface area contributed by atoms with Gasteiger partial charge in [0.05, 0.1) is 5.56 Å². The van der Waals surface area contributed by atoms with E-state index < -0.39 is 15.7 Å². The van der Waals surface area contributed by atoms with Crippen LogP contribution in [0.4, 0.5) is 10.1 Å². The van der Waals surface area contributed by atoms with Gasteiger partial charge in [0, 0.05) is 11.9 Å². The molecule has 2 rings (SSSR count). The Morgan fingerprint density at radius 1 is 1.44 bits per heavy atom. The number of sulfone groups is 1. The molecular formula is C10H10FN3O3S. The van der Waals surface area contributed by atoms with Gasteiger partial charge in [0.1, 0.15) is 11.6 Å². The summed E-state index contributed by atoms with van der Waals surface area (Å²) in [6.45, 7) is 0. The van der Waals surface area contributed by atoms with Crippen LogP contribution in [0.25, 0.3) is 11.5 Å². The van der Waals surface area contributed by atoms with Gasteiger partial charge >= 0.3 is 0 Å². The molecule has 0 aliphatic heterocycles. The number of benzene rings is 1. The fraction of sp³-hybridized carbons (Fsp3) is 0.200. The summed E-state index contributed by atoms with van der Waals surface area (Å²) in [5.74, 6) is -1.14. The molecule has 0 atom stereocenters. The molecule has 1 aromatic heterocycles. The van der Waals surface area contributed by atoms with Gasteiger partial charge in [-0.05, 0) is 12.1 Å². The second-order valence-electron chi connectivity index (χ2n) is 3.79. The molecular weight excluding hydrogens is 261 g/mol. The first-order valence-corrected chi connectivity index (χ1v) is 6.97. The fourth-order valence-electron chi connectivity index (χ4n) is 1.42. The van der Waals surface area contributed by atoms with Crippen LogP contribution in [-0.2, 0) is 15.6 Å². The van der Waals surface area contributed by atoms with Gasteiger partial charge in [-0.3, -0.25) is 0 Å². The lowest BCUT2D eigenvalue weighted by atomic mass is 10.1. The van der Waals surface area contributed by atoms with Crippen molar-refractivity contribution in [2.24, 2.45) is 0 Å². The molecule has 96 valence electrons. The summed E-state index contributed by atoms with van der Waals surface area (Å²) >= 11 is 0. The molecule has 0 unspecified atom stereocenters. The summed E-state index contributed by atoms with van der Waals surface area (Å²) in [5, 5.41) is 3.47. The third-order valence-corrected chi connectivity index (χ3v) is 2.90. The Morgan fingerprint density at radius 2 is 2.17 bits per heavy atom. The number of rotatable bonds is 3. The zero-order valence-electron chi connectivity index (χ0n) is 9.42. The Kier molecular flexibility index (Phi) is 3.04. The summed E-state index contributed by atoms with van der Waals surface area (Å²) in [4.78, 5) is 3.81. The first kappa shape index (κ1) is 12.5. The highest BCUT2D eigenvalue weighted by molar-refractivity contribution is 7.89. The van der Waals surface area contributed by atoms with Crippen LogP contribution in [0.15, 0.2) is 22.7 Å². The van der Waals surface area contributed by atoms with Crippen molar-refractivity contribution in [3.63, 3.8) is 0 Å². The number of anilines is 1. The van der Waals surface area contributed by atoms with E-state index in [1.807, 2.05) is 0 Å². The van der Waals surface area contributed by atoms with Gasteiger partial charge in [-0.2, -0.15) is 4.98 Å². The minimum Gasteiger partial charge on any atom is -0.398 e. The van der Waals surface area contributed by atoms with Crippen molar-refractivity contribution in [1.82, 2.24) is 10.1 Å². The molecule has 8 heteroatoms. The number of nitrogens with two attached hydrogens (primary N) is 1. The van der Waals surface area contributed by atoms with Gasteiger partial charge in [0.25, 0.3) is 5.89 Å². The maximum Gasteiger partial charge on any atom is 0.263 e. The zero-order valence-corrected chi connectivity index (χ0v) is 10.2. The number of aromatic nitrogens is 2. The molecule has 0 spiro atoms. The van der Waals surface area contributed by atoms with Crippen molar-refractivity contribution in [3.05, 3.63) is 29.8 Å². The largest absolute Gasteiger partial charge is 0.398 e. The van der Waals surface area contributed by atoms with E-state index in [2.05, 4.69) is 10.1 Å². The van der Waals surface area contributed by atoms with E-state index >= 15 is 0 Å². The first-order chi connectivity index (χ1) is 8.37. The Labute approximate surface area is 103 Å². The average Bonchev–Trinajstić information content (AvgIpc) is 2.63. The van der Waals surface area contributed by atoms with E-state index in [-0.39, 0.29) is 28.7 Å². The lowest BCUT2D eigenvalue weighted by molar-refractivity contribution is 0.422. The standard InChI is InChI=1S/C10H10FN3O3S/c1-18(15,16)5-8-13-10(17-14-8)9-6(11)3-2-4-7(9)12/h2-4H,5,12H2,1H3. The maximum absolute atomic E-state index is 13.6. The summed E-state index contributed by atoms with van der Waals surface area (Å²) in [5.41, 5.74) is 5.72. The van der Waals surface area contributed by atoms with Gasteiger partial charge in [-0.25, -0.2) is 12.8 Å². The third-order valence-electron chi connectivity index (χ3n) is 2.12. The fourth-order valence-corrected chi connectivity index (χ4v) is 2.00. The molecule has 0 aliphatic carbocycles. The Balaban J connectivity index is 2.42. The van der Waals surface area contributed by atoms with Gasteiger partial charge in [-0.15, -0.1) is 0 Å². The van der Waals surface area contributed by atoms with Crippen molar-refractivity contribution < 1.29 is 17.3 Å². The van der Waals surface area contributed by atoms with Crippen LogP contribution in [0.1, 0.15) is 5.82 Å². The number of nitrogens with zero attached hydrogens (tertiary/aromatic N) is 2. The van der Waals surface area contributed by atoms with Crippen molar-refractivity contribution in [2.45, 2.75) is 5.75 Å². The van der Waals surface area contributed by atoms with Crippen molar-refractivity contribution in [2.75, 3.05) is 12.0 Å². The molecule has 0 amide bonds. The summed E-state index contributed by atoms with van der Waals surface area (Å²) in [7, 11) is -3.28. The third kappa shape index (κ3) is 2.65. The monoisotopic (exact) mass is 271 g/mol. The van der Waals surface area contributed by atoms with Gasteiger partial charge in [0.15, 0.2) is 15.7 Å². The number of hydrogen-bond donors (Lipinski definition) is 1. The first-order valence-electron chi connectivity index (χ1n) is 4.91. The second-order valence-corrected chi connectivity index (χ2v) is 5.93. The minimum absolute atomic E-state index is 0.0234. The van der Waals surface area contributed by atoms with Crippen LogP contribution in [0.2, 0.25) is 0 Å². The van der Waals surface area contributed by atoms with Crippen molar-refractivity contribution in [1.29, 1.82) is 0 Å². The van der Waals surface area contributed by atoms with Gasteiger partial charge in [-0.1, -0.05) is 11.2 Å². The minimum atomic E-state index is -3.28. The summed E-state index contributed by atoms with van der Waals surface area (Å²) in [6, 6.07) is 4.13. The van der Waals surface area contributed by atoms with Crippen LogP contribution < -0.4 is 5.73 Å². The van der Waals surface area contributed by atoms with Crippen LogP contribution in [0.3, 0.4) is 0 Å². The molecule has 1 aromatic carbocycles. The molecule has 18 heavy (non-hydrogen) atoms. The Morgan fingerprint density at radius 3 is 2.78 bits per heavy atom. The van der Waals surface area contributed by atoms with Crippen LogP contribution >= 0.6 is 0 Å². The summed E-state index contributed by atoms with van der Waals surface area (Å²) in [6.07, 6.45) is 1.04. The quantitative estimate of drug-likeness (QED) is 0.836. The predicted octanol–water partition coefficient (Wildman–Crippen LogP) is 1.00. The topological polar surface area (TPSA) is 99.1 Å². The van der Waals surface area contributed by atoms with E-state index in [4.69, 9.17) is 10.3 Å². The molecule has 0 saturated heterocycles. The Bertz CT molecular complexity index is 661. The number of hydrogen-bond acceptors (Lipinski definition) is 6. The SMILES string of the molecule is CS(=O)(=O)Cc1noc(-c2c(N)cccc2F)n1. The van der Waals surface area contributed by atoms with E-state index in [0.29, 0.717) is 0 Å². The van der Waals surface area contributed by atoms with E-state index in [1.54, 1.807) is 0 Å². The van der Waals surface area contributed by atoms with E-state index in [9.17, 15) is 12.8 Å². The molecule has 0 radical (unpaired) electrons. The zero-order chi connectivity index (χ0) is 13.3. The predicted molar refractivity (Wildman–Crippen MR) is 62.7 cm³/mol.